The zero-order chi connectivity index (χ0) is 15.0. The van der Waals surface area contributed by atoms with Crippen LogP contribution < -0.4 is 9.47 Å². The standard InChI is InChI=1S/C14H16BrClO4/c1-3-18-11-6-5-7-12(14(11)16)20-10(9-15)8-13(17)19-4-2/h5-8H,3-4,9H2,1-2H3/b10-8-. The number of hydrogen-bond donors (Lipinski definition) is 0. The van der Waals surface area contributed by atoms with Gasteiger partial charge in [0.05, 0.1) is 24.6 Å². The van der Waals surface area contributed by atoms with Crippen LogP contribution in [0.15, 0.2) is 30.0 Å². The van der Waals surface area contributed by atoms with Gasteiger partial charge in [0.2, 0.25) is 0 Å². The van der Waals surface area contributed by atoms with Crippen LogP contribution in [0.1, 0.15) is 13.8 Å². The number of esters is 1. The lowest BCUT2D eigenvalue weighted by Gasteiger charge is -2.12. The molecule has 0 aliphatic carbocycles. The fourth-order valence-corrected chi connectivity index (χ4v) is 1.88. The number of carbonyl (C=O) groups excluding carboxylic acids is 1. The van der Waals surface area contributed by atoms with E-state index in [1.165, 1.54) is 6.08 Å². The van der Waals surface area contributed by atoms with E-state index in [2.05, 4.69) is 15.9 Å². The van der Waals surface area contributed by atoms with Crippen molar-refractivity contribution >= 4 is 33.5 Å². The summed E-state index contributed by atoms with van der Waals surface area (Å²) < 4.78 is 15.8. The molecule has 0 aliphatic rings. The molecule has 0 N–H and O–H groups in total. The Balaban J connectivity index is 2.90. The Morgan fingerprint density at radius 2 is 2.00 bits per heavy atom. The first-order chi connectivity index (χ1) is 9.62. The smallest absolute Gasteiger partial charge is 0.334 e. The van der Waals surface area contributed by atoms with Gasteiger partial charge in [-0.15, -0.1) is 0 Å². The van der Waals surface area contributed by atoms with Gasteiger partial charge in [0.1, 0.15) is 22.3 Å². The van der Waals surface area contributed by atoms with Gasteiger partial charge in [0, 0.05) is 0 Å². The average molecular weight is 364 g/mol. The molecule has 0 unspecified atom stereocenters. The van der Waals surface area contributed by atoms with E-state index < -0.39 is 5.97 Å². The van der Waals surface area contributed by atoms with E-state index in [0.717, 1.165) is 0 Å². The molecule has 0 spiro atoms. The average Bonchev–Trinajstić information content (AvgIpc) is 2.42. The van der Waals surface area contributed by atoms with Crippen molar-refractivity contribution in [3.05, 3.63) is 35.1 Å². The monoisotopic (exact) mass is 362 g/mol. The van der Waals surface area contributed by atoms with E-state index in [0.29, 0.717) is 40.8 Å². The van der Waals surface area contributed by atoms with Gasteiger partial charge >= 0.3 is 5.97 Å². The number of benzene rings is 1. The van der Waals surface area contributed by atoms with Gasteiger partial charge in [-0.25, -0.2) is 4.79 Å². The van der Waals surface area contributed by atoms with E-state index in [-0.39, 0.29) is 0 Å². The topological polar surface area (TPSA) is 44.8 Å². The molecule has 20 heavy (non-hydrogen) atoms. The van der Waals surface area contributed by atoms with Crippen molar-refractivity contribution in [2.75, 3.05) is 18.5 Å². The third kappa shape index (κ3) is 5.06. The lowest BCUT2D eigenvalue weighted by Crippen LogP contribution is -2.05. The second-order valence-electron chi connectivity index (χ2n) is 3.60. The summed E-state index contributed by atoms with van der Waals surface area (Å²) in [5.74, 6) is 0.905. The molecular weight excluding hydrogens is 348 g/mol. The molecule has 0 heterocycles. The fourth-order valence-electron chi connectivity index (χ4n) is 1.39. The number of halogens is 2. The van der Waals surface area contributed by atoms with Crippen LogP contribution >= 0.6 is 27.5 Å². The minimum Gasteiger partial charge on any atom is -0.492 e. The summed E-state index contributed by atoms with van der Waals surface area (Å²) in [7, 11) is 0. The number of rotatable bonds is 7. The number of ether oxygens (including phenoxy) is 3. The molecule has 0 saturated heterocycles. The van der Waals surface area contributed by atoms with Crippen molar-refractivity contribution < 1.29 is 19.0 Å². The molecule has 0 fully saturated rings. The van der Waals surface area contributed by atoms with Crippen LogP contribution in [0.3, 0.4) is 0 Å². The fraction of sp³-hybridized carbons (Fsp3) is 0.357. The van der Waals surface area contributed by atoms with Crippen LogP contribution in [0.25, 0.3) is 0 Å². The lowest BCUT2D eigenvalue weighted by atomic mass is 10.3. The Morgan fingerprint density at radius 1 is 1.30 bits per heavy atom. The summed E-state index contributed by atoms with van der Waals surface area (Å²) >= 11 is 9.43. The number of carbonyl (C=O) groups is 1. The van der Waals surface area contributed by atoms with E-state index in [1.807, 2.05) is 6.92 Å². The zero-order valence-corrected chi connectivity index (χ0v) is 13.7. The molecule has 110 valence electrons. The van der Waals surface area contributed by atoms with Gasteiger partial charge in [-0.05, 0) is 26.0 Å². The third-order valence-corrected chi connectivity index (χ3v) is 3.09. The minimum absolute atomic E-state index is 0.311. The van der Waals surface area contributed by atoms with E-state index in [1.54, 1.807) is 25.1 Å². The predicted octanol–water partition coefficient (Wildman–Crippen LogP) is 3.96. The summed E-state index contributed by atoms with van der Waals surface area (Å²) in [5.41, 5.74) is 0. The van der Waals surface area contributed by atoms with Crippen molar-refractivity contribution in [3.63, 3.8) is 0 Å². The van der Waals surface area contributed by atoms with Crippen molar-refractivity contribution in [2.45, 2.75) is 13.8 Å². The molecule has 0 aliphatic heterocycles. The van der Waals surface area contributed by atoms with Gasteiger partial charge in [0.25, 0.3) is 0 Å². The first-order valence-electron chi connectivity index (χ1n) is 6.14. The number of allylic oxidation sites excluding steroid dienone is 1. The summed E-state index contributed by atoms with van der Waals surface area (Å²) in [6.45, 7) is 4.43. The van der Waals surface area contributed by atoms with Gasteiger partial charge < -0.3 is 14.2 Å². The normalized spacial score (nSPS) is 11.1. The second kappa shape index (κ2) is 8.87. The predicted molar refractivity (Wildman–Crippen MR) is 81.8 cm³/mol. The van der Waals surface area contributed by atoms with Crippen LogP contribution in [0.2, 0.25) is 5.02 Å². The highest BCUT2D eigenvalue weighted by atomic mass is 79.9. The zero-order valence-electron chi connectivity index (χ0n) is 11.3. The highest BCUT2D eigenvalue weighted by Crippen LogP contribution is 2.34. The largest absolute Gasteiger partial charge is 0.492 e. The van der Waals surface area contributed by atoms with Gasteiger partial charge in [-0.3, -0.25) is 0 Å². The van der Waals surface area contributed by atoms with Crippen LogP contribution in [-0.2, 0) is 9.53 Å². The number of alkyl halides is 1. The first kappa shape index (κ1) is 16.9. The van der Waals surface area contributed by atoms with Crippen LogP contribution in [0.4, 0.5) is 0 Å². The quantitative estimate of drug-likeness (QED) is 0.318. The summed E-state index contributed by atoms with van der Waals surface area (Å²) in [6, 6.07) is 5.22. The molecule has 1 aromatic carbocycles. The molecule has 4 nitrogen and oxygen atoms in total. The Kier molecular flexibility index (Phi) is 7.47. The lowest BCUT2D eigenvalue weighted by molar-refractivity contribution is -0.137. The molecule has 0 radical (unpaired) electrons. The molecule has 1 rings (SSSR count). The van der Waals surface area contributed by atoms with E-state index in [4.69, 9.17) is 25.8 Å². The SMILES string of the molecule is CCOC(=O)/C=C(/CBr)Oc1cccc(OCC)c1Cl. The minimum atomic E-state index is -0.459. The van der Waals surface area contributed by atoms with E-state index >= 15 is 0 Å². The Labute approximate surface area is 131 Å². The van der Waals surface area contributed by atoms with Crippen LogP contribution in [0, 0.1) is 0 Å². The van der Waals surface area contributed by atoms with Crippen molar-refractivity contribution in [1.29, 1.82) is 0 Å². The van der Waals surface area contributed by atoms with E-state index in [9.17, 15) is 4.79 Å². The van der Waals surface area contributed by atoms with Gasteiger partial charge in [-0.1, -0.05) is 33.6 Å². The van der Waals surface area contributed by atoms with Crippen molar-refractivity contribution in [1.82, 2.24) is 0 Å². The third-order valence-electron chi connectivity index (χ3n) is 2.17. The molecule has 0 saturated carbocycles. The second-order valence-corrected chi connectivity index (χ2v) is 4.54. The summed E-state index contributed by atoms with van der Waals surface area (Å²) in [5, 5.41) is 0.728. The maximum atomic E-state index is 11.4. The van der Waals surface area contributed by atoms with Crippen molar-refractivity contribution in [3.8, 4) is 11.5 Å². The molecule has 0 aromatic heterocycles. The molecule has 1 aromatic rings. The molecule has 0 bridgehead atoms. The Hall–Kier alpha value is -1.20. The molecular formula is C14H16BrClO4. The summed E-state index contributed by atoms with van der Waals surface area (Å²) in [6.07, 6.45) is 1.28. The van der Waals surface area contributed by atoms with Crippen LogP contribution in [0.5, 0.6) is 11.5 Å². The maximum absolute atomic E-state index is 11.4. The highest BCUT2D eigenvalue weighted by molar-refractivity contribution is 9.09. The van der Waals surface area contributed by atoms with Crippen molar-refractivity contribution in [2.24, 2.45) is 0 Å². The molecule has 0 atom stereocenters. The molecule has 6 heteroatoms. The highest BCUT2D eigenvalue weighted by Gasteiger charge is 2.11. The number of hydrogen-bond acceptors (Lipinski definition) is 4. The van der Waals surface area contributed by atoms with Gasteiger partial charge in [0.15, 0.2) is 0 Å². The Morgan fingerprint density at radius 3 is 2.60 bits per heavy atom. The first-order valence-corrected chi connectivity index (χ1v) is 7.64. The maximum Gasteiger partial charge on any atom is 0.334 e. The van der Waals surface area contributed by atoms with Crippen LogP contribution in [-0.4, -0.2) is 24.5 Å². The summed E-state index contributed by atoms with van der Waals surface area (Å²) in [4.78, 5) is 11.4. The van der Waals surface area contributed by atoms with Gasteiger partial charge in [-0.2, -0.15) is 0 Å². The molecule has 0 amide bonds. The Bertz CT molecular complexity index is 488.